The van der Waals surface area contributed by atoms with Crippen LogP contribution in [0.2, 0.25) is 0 Å². The van der Waals surface area contributed by atoms with E-state index in [4.69, 9.17) is 4.55 Å². The molecule has 7 N–H and O–H groups in total. The van der Waals surface area contributed by atoms with Gasteiger partial charge in [-0.1, -0.05) is 17.7 Å². The third-order valence-corrected chi connectivity index (χ3v) is 2.19. The summed E-state index contributed by atoms with van der Waals surface area (Å²) in [7, 11) is -4.02. The Morgan fingerprint density at radius 1 is 1.07 bits per heavy atom. The van der Waals surface area contributed by atoms with E-state index in [2.05, 4.69) is 13.2 Å². The third kappa shape index (κ3) is 6.81. The topological polar surface area (TPSA) is 124 Å². The number of rotatable bonds is 1. The van der Waals surface area contributed by atoms with Gasteiger partial charge in [0.15, 0.2) is 0 Å². The van der Waals surface area contributed by atoms with E-state index in [0.717, 1.165) is 5.56 Å². The Bertz CT molecular complexity index is 359. The molecule has 0 aliphatic carbocycles. The fourth-order valence-corrected chi connectivity index (χ4v) is 1.19. The Kier molecular flexibility index (Phi) is 10.5. The molecule has 88 valence electrons. The SMILES string of the molecule is C=C.Cc1ccc(S(=O)(=O)O)cc1.N.N. The van der Waals surface area contributed by atoms with E-state index in [1.165, 1.54) is 12.1 Å². The van der Waals surface area contributed by atoms with Gasteiger partial charge in [-0.05, 0) is 19.1 Å². The van der Waals surface area contributed by atoms with Gasteiger partial charge in [-0.25, -0.2) is 0 Å². The van der Waals surface area contributed by atoms with E-state index in [0.29, 0.717) is 0 Å². The number of benzene rings is 1. The van der Waals surface area contributed by atoms with E-state index >= 15 is 0 Å². The molecule has 0 spiro atoms. The van der Waals surface area contributed by atoms with Gasteiger partial charge in [-0.15, -0.1) is 13.2 Å². The first kappa shape index (κ1) is 19.4. The van der Waals surface area contributed by atoms with Gasteiger partial charge in [-0.3, -0.25) is 4.55 Å². The summed E-state index contributed by atoms with van der Waals surface area (Å²) in [6, 6.07) is 5.99. The molecular formula is C9H18N2O3S. The molecule has 6 heteroatoms. The van der Waals surface area contributed by atoms with Crippen molar-refractivity contribution in [3.05, 3.63) is 43.0 Å². The molecule has 0 radical (unpaired) electrons. The van der Waals surface area contributed by atoms with Crippen molar-refractivity contribution in [1.82, 2.24) is 12.3 Å². The zero-order valence-corrected chi connectivity index (χ0v) is 9.63. The van der Waals surface area contributed by atoms with Crippen LogP contribution in [-0.4, -0.2) is 13.0 Å². The quantitative estimate of drug-likeness (QED) is 0.508. The lowest BCUT2D eigenvalue weighted by Crippen LogP contribution is -1.96. The Labute approximate surface area is 90.7 Å². The molecule has 0 bridgehead atoms. The second kappa shape index (κ2) is 8.13. The minimum absolute atomic E-state index is 0. The minimum atomic E-state index is -4.02. The summed E-state index contributed by atoms with van der Waals surface area (Å²) < 4.78 is 29.6. The number of hydrogen-bond acceptors (Lipinski definition) is 4. The lowest BCUT2D eigenvalue weighted by Gasteiger charge is -1.95. The molecule has 1 aromatic rings. The maximum Gasteiger partial charge on any atom is 0.294 e. The predicted molar refractivity (Wildman–Crippen MR) is 62.3 cm³/mol. The Balaban J connectivity index is -0.000000339. The van der Waals surface area contributed by atoms with Gasteiger partial charge in [0.25, 0.3) is 10.1 Å². The van der Waals surface area contributed by atoms with Crippen LogP contribution in [0.15, 0.2) is 42.3 Å². The van der Waals surface area contributed by atoms with Crippen molar-refractivity contribution in [2.75, 3.05) is 0 Å². The average molecular weight is 234 g/mol. The highest BCUT2D eigenvalue weighted by atomic mass is 32.2. The Morgan fingerprint density at radius 3 is 1.67 bits per heavy atom. The number of aryl methyl sites for hydroxylation is 1. The van der Waals surface area contributed by atoms with E-state index < -0.39 is 10.1 Å². The molecule has 1 aromatic carbocycles. The van der Waals surface area contributed by atoms with Crippen LogP contribution in [0.1, 0.15) is 5.56 Å². The molecule has 0 aliphatic heterocycles. The second-order valence-corrected chi connectivity index (χ2v) is 3.71. The van der Waals surface area contributed by atoms with Gasteiger partial charge in [0, 0.05) is 0 Å². The summed E-state index contributed by atoms with van der Waals surface area (Å²) in [5.74, 6) is 0. The summed E-state index contributed by atoms with van der Waals surface area (Å²) in [6.45, 7) is 7.84. The Hall–Kier alpha value is -1.21. The molecule has 0 saturated carbocycles. The van der Waals surface area contributed by atoms with Gasteiger partial charge in [0.2, 0.25) is 0 Å². The smallest absolute Gasteiger partial charge is 0.294 e. The molecule has 15 heavy (non-hydrogen) atoms. The largest absolute Gasteiger partial charge is 0.344 e. The summed E-state index contributed by atoms with van der Waals surface area (Å²) in [4.78, 5) is -0.0666. The van der Waals surface area contributed by atoms with Gasteiger partial charge < -0.3 is 12.3 Å². The highest BCUT2D eigenvalue weighted by Gasteiger charge is 2.06. The van der Waals surface area contributed by atoms with Crippen molar-refractivity contribution in [2.45, 2.75) is 11.8 Å². The molecule has 0 aromatic heterocycles. The van der Waals surface area contributed by atoms with Crippen LogP contribution in [0, 0.1) is 6.92 Å². The van der Waals surface area contributed by atoms with Gasteiger partial charge >= 0.3 is 0 Å². The summed E-state index contributed by atoms with van der Waals surface area (Å²) in [5, 5.41) is 0. The summed E-state index contributed by atoms with van der Waals surface area (Å²) >= 11 is 0. The van der Waals surface area contributed by atoms with Crippen LogP contribution < -0.4 is 12.3 Å². The Morgan fingerprint density at radius 2 is 1.40 bits per heavy atom. The maximum absolute atomic E-state index is 10.5. The van der Waals surface area contributed by atoms with Crippen LogP contribution >= 0.6 is 0 Å². The average Bonchev–Trinajstić information content (AvgIpc) is 2.07. The first-order chi connectivity index (χ1) is 6.00. The lowest BCUT2D eigenvalue weighted by atomic mass is 10.2. The van der Waals surface area contributed by atoms with Crippen molar-refractivity contribution >= 4 is 10.1 Å². The monoisotopic (exact) mass is 234 g/mol. The predicted octanol–water partition coefficient (Wildman–Crippen LogP) is 2.37. The molecule has 0 atom stereocenters. The second-order valence-electron chi connectivity index (χ2n) is 2.29. The molecule has 0 aliphatic rings. The summed E-state index contributed by atoms with van der Waals surface area (Å²) in [6.07, 6.45) is 0. The maximum atomic E-state index is 10.5. The molecular weight excluding hydrogens is 216 g/mol. The van der Waals surface area contributed by atoms with Crippen LogP contribution in [0.5, 0.6) is 0 Å². The van der Waals surface area contributed by atoms with E-state index in [9.17, 15) is 8.42 Å². The summed E-state index contributed by atoms with van der Waals surface area (Å²) in [5.41, 5.74) is 0.956. The van der Waals surface area contributed by atoms with E-state index in [-0.39, 0.29) is 17.2 Å². The molecule has 0 unspecified atom stereocenters. The molecule has 1 rings (SSSR count). The molecule has 0 saturated heterocycles. The van der Waals surface area contributed by atoms with Crippen LogP contribution in [0.3, 0.4) is 0 Å². The van der Waals surface area contributed by atoms with Crippen molar-refractivity contribution in [3.63, 3.8) is 0 Å². The van der Waals surface area contributed by atoms with E-state index in [1.807, 2.05) is 6.92 Å². The normalized spacial score (nSPS) is 8.67. The van der Waals surface area contributed by atoms with Crippen LogP contribution in [0.25, 0.3) is 0 Å². The first-order valence-electron chi connectivity index (χ1n) is 3.54. The fraction of sp³-hybridized carbons (Fsp3) is 0.111. The van der Waals surface area contributed by atoms with Crippen LogP contribution in [-0.2, 0) is 10.1 Å². The molecule has 0 amide bonds. The molecule has 0 fully saturated rings. The molecule has 5 nitrogen and oxygen atoms in total. The first-order valence-corrected chi connectivity index (χ1v) is 4.98. The zero-order valence-electron chi connectivity index (χ0n) is 8.81. The van der Waals surface area contributed by atoms with Gasteiger partial charge in [0.1, 0.15) is 0 Å². The van der Waals surface area contributed by atoms with Crippen molar-refractivity contribution in [3.8, 4) is 0 Å². The van der Waals surface area contributed by atoms with Crippen LogP contribution in [0.4, 0.5) is 0 Å². The van der Waals surface area contributed by atoms with Crippen molar-refractivity contribution < 1.29 is 13.0 Å². The highest BCUT2D eigenvalue weighted by molar-refractivity contribution is 7.85. The van der Waals surface area contributed by atoms with Gasteiger partial charge in [0.05, 0.1) is 4.90 Å². The standard InChI is InChI=1S/C7H8O3S.C2H4.2H3N/c1-6-2-4-7(5-3-6)11(8,9)10;1-2;;/h2-5H,1H3,(H,8,9,10);1-2H2;2*1H3. The van der Waals surface area contributed by atoms with E-state index in [1.54, 1.807) is 12.1 Å². The van der Waals surface area contributed by atoms with Gasteiger partial charge in [-0.2, -0.15) is 8.42 Å². The van der Waals surface area contributed by atoms with Crippen molar-refractivity contribution in [1.29, 1.82) is 0 Å². The highest BCUT2D eigenvalue weighted by Crippen LogP contribution is 2.08. The van der Waals surface area contributed by atoms with Crippen molar-refractivity contribution in [2.24, 2.45) is 0 Å². The fourth-order valence-electron chi connectivity index (χ4n) is 0.710. The molecule has 0 heterocycles. The lowest BCUT2D eigenvalue weighted by molar-refractivity contribution is 0.483. The number of hydrogen-bond donors (Lipinski definition) is 3. The third-order valence-electron chi connectivity index (χ3n) is 1.32. The minimum Gasteiger partial charge on any atom is -0.344 e. The zero-order chi connectivity index (χ0) is 10.5.